The summed E-state index contributed by atoms with van der Waals surface area (Å²) < 4.78 is 25.4. The third kappa shape index (κ3) is 3.10. The number of nitrogens with zero attached hydrogens (tertiary/aromatic N) is 1. The van der Waals surface area contributed by atoms with Crippen molar-refractivity contribution in [1.29, 1.82) is 0 Å². The third-order valence-corrected chi connectivity index (χ3v) is 5.32. The van der Waals surface area contributed by atoms with Crippen LogP contribution in [0.15, 0.2) is 30.3 Å². The molecule has 1 fully saturated rings. The Morgan fingerprint density at radius 2 is 1.94 bits per heavy atom. The van der Waals surface area contributed by atoms with Gasteiger partial charge in [-0.25, -0.2) is 8.42 Å². The van der Waals surface area contributed by atoms with E-state index < -0.39 is 10.0 Å². The standard InChI is InChI=1S/C13H19NO3S/c15-11-13(10-12-6-2-1-3-7-12)14-8-4-5-9-18(14,16)17/h1-3,6-7,13,15H,4-5,8-11H2/t13-/m1/s1. The van der Waals surface area contributed by atoms with Crippen molar-refractivity contribution in [3.05, 3.63) is 35.9 Å². The van der Waals surface area contributed by atoms with Crippen LogP contribution in [0.25, 0.3) is 0 Å². The molecule has 1 saturated heterocycles. The summed E-state index contributed by atoms with van der Waals surface area (Å²) in [7, 11) is -3.18. The summed E-state index contributed by atoms with van der Waals surface area (Å²) in [4.78, 5) is 0. The Labute approximate surface area is 108 Å². The van der Waals surface area contributed by atoms with Crippen LogP contribution in [0.3, 0.4) is 0 Å². The van der Waals surface area contributed by atoms with Crippen LogP contribution in [0.5, 0.6) is 0 Å². The van der Waals surface area contributed by atoms with Gasteiger partial charge in [0.05, 0.1) is 18.4 Å². The highest BCUT2D eigenvalue weighted by Crippen LogP contribution is 2.19. The molecule has 1 N–H and O–H groups in total. The van der Waals surface area contributed by atoms with Crippen molar-refractivity contribution < 1.29 is 13.5 Å². The molecule has 1 aromatic rings. The molecule has 0 spiro atoms. The number of sulfonamides is 1. The van der Waals surface area contributed by atoms with Crippen LogP contribution in [-0.4, -0.2) is 42.8 Å². The second kappa shape index (κ2) is 5.82. The molecule has 100 valence electrons. The maximum absolute atomic E-state index is 12.0. The first-order valence-corrected chi connectivity index (χ1v) is 7.89. The van der Waals surface area contributed by atoms with Crippen molar-refractivity contribution in [3.8, 4) is 0 Å². The summed E-state index contributed by atoms with van der Waals surface area (Å²) >= 11 is 0. The van der Waals surface area contributed by atoms with Crippen molar-refractivity contribution >= 4 is 10.0 Å². The summed E-state index contributed by atoms with van der Waals surface area (Å²) in [5, 5.41) is 9.47. The average molecular weight is 269 g/mol. The van der Waals surface area contributed by atoms with E-state index in [9.17, 15) is 13.5 Å². The lowest BCUT2D eigenvalue weighted by atomic mass is 10.1. The molecule has 18 heavy (non-hydrogen) atoms. The number of benzene rings is 1. The van der Waals surface area contributed by atoms with E-state index in [4.69, 9.17) is 0 Å². The van der Waals surface area contributed by atoms with E-state index in [0.29, 0.717) is 13.0 Å². The van der Waals surface area contributed by atoms with E-state index >= 15 is 0 Å². The lowest BCUT2D eigenvalue weighted by Gasteiger charge is -2.32. The van der Waals surface area contributed by atoms with Gasteiger partial charge in [-0.3, -0.25) is 0 Å². The summed E-state index contributed by atoms with van der Waals surface area (Å²) in [6.45, 7) is 0.397. The molecule has 5 heteroatoms. The number of hydrogen-bond acceptors (Lipinski definition) is 3. The van der Waals surface area contributed by atoms with Crippen molar-refractivity contribution in [1.82, 2.24) is 4.31 Å². The number of aliphatic hydroxyl groups is 1. The zero-order valence-corrected chi connectivity index (χ0v) is 11.1. The summed E-state index contributed by atoms with van der Waals surface area (Å²) in [5.41, 5.74) is 1.05. The van der Waals surface area contributed by atoms with Crippen LogP contribution in [0.2, 0.25) is 0 Å². The van der Waals surface area contributed by atoms with Gasteiger partial charge in [-0.1, -0.05) is 30.3 Å². The van der Waals surface area contributed by atoms with Gasteiger partial charge in [0, 0.05) is 6.54 Å². The Balaban J connectivity index is 2.13. The van der Waals surface area contributed by atoms with E-state index in [2.05, 4.69) is 0 Å². The molecule has 2 rings (SSSR count). The maximum atomic E-state index is 12.0. The molecule has 0 bridgehead atoms. The first-order valence-electron chi connectivity index (χ1n) is 6.28. The predicted octanol–water partition coefficient (Wildman–Crippen LogP) is 1.02. The third-order valence-electron chi connectivity index (χ3n) is 3.32. The van der Waals surface area contributed by atoms with Gasteiger partial charge in [0.2, 0.25) is 10.0 Å². The summed E-state index contributed by atoms with van der Waals surface area (Å²) in [6, 6.07) is 9.36. The molecular weight excluding hydrogens is 250 g/mol. The maximum Gasteiger partial charge on any atom is 0.214 e. The quantitative estimate of drug-likeness (QED) is 0.887. The van der Waals surface area contributed by atoms with Gasteiger partial charge >= 0.3 is 0 Å². The molecule has 1 aliphatic rings. The minimum Gasteiger partial charge on any atom is -0.395 e. The fourth-order valence-electron chi connectivity index (χ4n) is 2.36. The second-order valence-corrected chi connectivity index (χ2v) is 6.70. The molecule has 1 aromatic carbocycles. The van der Waals surface area contributed by atoms with Gasteiger partial charge in [0.15, 0.2) is 0 Å². The SMILES string of the molecule is O=S1(=O)CCCCN1[C@@H](CO)Cc1ccccc1. The largest absolute Gasteiger partial charge is 0.395 e. The van der Waals surface area contributed by atoms with Crippen LogP contribution in [0.1, 0.15) is 18.4 Å². The average Bonchev–Trinajstić information content (AvgIpc) is 2.37. The van der Waals surface area contributed by atoms with E-state index in [-0.39, 0.29) is 18.4 Å². The smallest absolute Gasteiger partial charge is 0.214 e. The lowest BCUT2D eigenvalue weighted by Crippen LogP contribution is -2.47. The van der Waals surface area contributed by atoms with Gasteiger partial charge in [-0.2, -0.15) is 4.31 Å². The molecule has 1 aliphatic heterocycles. The molecule has 0 saturated carbocycles. The Hall–Kier alpha value is -0.910. The Kier molecular flexibility index (Phi) is 4.37. The molecule has 0 aromatic heterocycles. The molecule has 1 atom stereocenters. The van der Waals surface area contributed by atoms with E-state index in [1.165, 1.54) is 4.31 Å². The highest BCUT2D eigenvalue weighted by Gasteiger charge is 2.31. The van der Waals surface area contributed by atoms with Gasteiger partial charge in [-0.15, -0.1) is 0 Å². The Morgan fingerprint density at radius 1 is 1.22 bits per heavy atom. The topological polar surface area (TPSA) is 57.6 Å². The zero-order chi connectivity index (χ0) is 13.0. The highest BCUT2D eigenvalue weighted by molar-refractivity contribution is 7.89. The molecule has 1 heterocycles. The normalized spacial score (nSPS) is 21.6. The molecule has 0 radical (unpaired) electrons. The highest BCUT2D eigenvalue weighted by atomic mass is 32.2. The van der Waals surface area contributed by atoms with Gasteiger partial charge in [0.25, 0.3) is 0 Å². The fraction of sp³-hybridized carbons (Fsp3) is 0.538. The van der Waals surface area contributed by atoms with Crippen LogP contribution in [-0.2, 0) is 16.4 Å². The Bertz CT molecular complexity index is 472. The van der Waals surface area contributed by atoms with Gasteiger partial charge < -0.3 is 5.11 Å². The zero-order valence-electron chi connectivity index (χ0n) is 10.3. The van der Waals surface area contributed by atoms with Crippen LogP contribution in [0.4, 0.5) is 0 Å². The first-order chi connectivity index (χ1) is 8.63. The van der Waals surface area contributed by atoms with Crippen LogP contribution in [0, 0.1) is 0 Å². The fourth-order valence-corrected chi connectivity index (χ4v) is 4.17. The predicted molar refractivity (Wildman–Crippen MR) is 70.7 cm³/mol. The summed E-state index contributed by atoms with van der Waals surface area (Å²) in [5.74, 6) is 0.207. The van der Waals surface area contributed by atoms with Gasteiger partial charge in [0.1, 0.15) is 0 Å². The minimum atomic E-state index is -3.18. The molecule has 0 aliphatic carbocycles. The van der Waals surface area contributed by atoms with Crippen LogP contribution < -0.4 is 0 Å². The second-order valence-electron chi connectivity index (χ2n) is 4.66. The van der Waals surface area contributed by atoms with E-state index in [1.807, 2.05) is 30.3 Å². The number of rotatable bonds is 4. The number of aliphatic hydroxyl groups excluding tert-OH is 1. The molecule has 0 unspecified atom stereocenters. The van der Waals surface area contributed by atoms with Crippen molar-refractivity contribution in [2.75, 3.05) is 18.9 Å². The molecular formula is C13H19NO3S. The van der Waals surface area contributed by atoms with Crippen LogP contribution >= 0.6 is 0 Å². The first kappa shape index (κ1) is 13.5. The van der Waals surface area contributed by atoms with Gasteiger partial charge in [-0.05, 0) is 24.8 Å². The summed E-state index contributed by atoms with van der Waals surface area (Å²) in [6.07, 6.45) is 2.17. The van der Waals surface area contributed by atoms with E-state index in [0.717, 1.165) is 18.4 Å². The van der Waals surface area contributed by atoms with Crippen molar-refractivity contribution in [2.24, 2.45) is 0 Å². The molecule has 0 amide bonds. The van der Waals surface area contributed by atoms with Crippen molar-refractivity contribution in [2.45, 2.75) is 25.3 Å². The minimum absolute atomic E-state index is 0.131. The Morgan fingerprint density at radius 3 is 2.56 bits per heavy atom. The monoisotopic (exact) mass is 269 g/mol. The van der Waals surface area contributed by atoms with E-state index in [1.54, 1.807) is 0 Å². The van der Waals surface area contributed by atoms with Crippen molar-refractivity contribution in [3.63, 3.8) is 0 Å². The molecule has 4 nitrogen and oxygen atoms in total. The lowest BCUT2D eigenvalue weighted by molar-refractivity contribution is 0.180. The number of hydrogen-bond donors (Lipinski definition) is 1.